The molecule has 3 fully saturated rings. The summed E-state index contributed by atoms with van der Waals surface area (Å²) in [7, 11) is 0. The lowest BCUT2D eigenvalue weighted by molar-refractivity contribution is 0.314. The Morgan fingerprint density at radius 1 is 1.16 bits per heavy atom. The molecule has 2 saturated heterocycles. The molecule has 2 aliphatic heterocycles. The van der Waals surface area contributed by atoms with Gasteiger partial charge in [-0.25, -0.2) is 0 Å². The average molecular weight is 256 g/mol. The van der Waals surface area contributed by atoms with Crippen LogP contribution >= 0.6 is 0 Å². The van der Waals surface area contributed by atoms with Gasteiger partial charge in [0.15, 0.2) is 0 Å². The predicted molar refractivity (Wildman–Crippen MR) is 79.8 cm³/mol. The van der Waals surface area contributed by atoms with Crippen LogP contribution in [-0.4, -0.2) is 37.6 Å². The van der Waals surface area contributed by atoms with E-state index in [9.17, 15) is 0 Å². The zero-order valence-electron chi connectivity index (χ0n) is 11.9. The third kappa shape index (κ3) is 1.80. The van der Waals surface area contributed by atoms with Gasteiger partial charge in [0.05, 0.1) is 0 Å². The molecular weight excluding hydrogens is 232 g/mol. The summed E-state index contributed by atoms with van der Waals surface area (Å²) in [6.45, 7) is 8.61. The first-order chi connectivity index (χ1) is 9.32. The summed E-state index contributed by atoms with van der Waals surface area (Å²) in [6.07, 6.45) is 4.14. The van der Waals surface area contributed by atoms with Crippen LogP contribution in [0.4, 0.5) is 5.69 Å². The predicted octanol–water partition coefficient (Wildman–Crippen LogP) is 2.88. The van der Waals surface area contributed by atoms with Crippen LogP contribution < -0.4 is 4.90 Å². The Labute approximate surface area is 116 Å². The molecule has 2 nitrogen and oxygen atoms in total. The van der Waals surface area contributed by atoms with Crippen molar-refractivity contribution in [3.8, 4) is 0 Å². The van der Waals surface area contributed by atoms with Gasteiger partial charge in [0.25, 0.3) is 0 Å². The fourth-order valence-electron chi connectivity index (χ4n) is 4.25. The van der Waals surface area contributed by atoms with Crippen molar-refractivity contribution in [1.82, 2.24) is 4.90 Å². The normalized spacial score (nSPS) is 33.7. The van der Waals surface area contributed by atoms with E-state index in [-0.39, 0.29) is 0 Å². The second-order valence-corrected chi connectivity index (χ2v) is 6.63. The molecule has 19 heavy (non-hydrogen) atoms. The van der Waals surface area contributed by atoms with E-state index >= 15 is 0 Å². The molecule has 2 atom stereocenters. The van der Waals surface area contributed by atoms with Crippen LogP contribution in [0.15, 0.2) is 24.3 Å². The van der Waals surface area contributed by atoms with Crippen LogP contribution in [-0.2, 0) is 5.41 Å². The van der Waals surface area contributed by atoms with Gasteiger partial charge in [-0.15, -0.1) is 0 Å². The Morgan fingerprint density at radius 2 is 1.89 bits per heavy atom. The highest BCUT2D eigenvalue weighted by Gasteiger charge is 2.60. The molecule has 2 heterocycles. The molecule has 1 aliphatic carbocycles. The molecule has 0 spiro atoms. The highest BCUT2D eigenvalue weighted by atomic mass is 15.2. The SMILES string of the molecule is CCN1CC2CC2(c2ccc(N3CCCC3)cc2)C1. The van der Waals surface area contributed by atoms with Gasteiger partial charge < -0.3 is 9.80 Å². The second kappa shape index (κ2) is 4.24. The largest absolute Gasteiger partial charge is 0.372 e. The van der Waals surface area contributed by atoms with Crippen molar-refractivity contribution in [3.05, 3.63) is 29.8 Å². The Hall–Kier alpha value is -1.02. The van der Waals surface area contributed by atoms with Gasteiger partial charge in [0.2, 0.25) is 0 Å². The molecule has 3 aliphatic rings. The van der Waals surface area contributed by atoms with E-state index in [2.05, 4.69) is 41.0 Å². The highest BCUT2D eigenvalue weighted by molar-refractivity contribution is 5.51. The number of hydrogen-bond acceptors (Lipinski definition) is 2. The third-order valence-corrected chi connectivity index (χ3v) is 5.58. The van der Waals surface area contributed by atoms with Crippen molar-refractivity contribution in [2.24, 2.45) is 5.92 Å². The molecule has 1 saturated carbocycles. The summed E-state index contributed by atoms with van der Waals surface area (Å²) in [6, 6.07) is 9.54. The average Bonchev–Trinajstić information content (AvgIpc) is 2.89. The van der Waals surface area contributed by atoms with E-state index in [1.807, 2.05) is 0 Å². The van der Waals surface area contributed by atoms with Gasteiger partial charge in [0, 0.05) is 37.3 Å². The van der Waals surface area contributed by atoms with Crippen LogP contribution in [0.25, 0.3) is 0 Å². The van der Waals surface area contributed by atoms with Gasteiger partial charge in [0.1, 0.15) is 0 Å². The summed E-state index contributed by atoms with van der Waals surface area (Å²) in [5, 5.41) is 0. The van der Waals surface area contributed by atoms with E-state index in [0.29, 0.717) is 5.41 Å². The maximum Gasteiger partial charge on any atom is 0.0366 e. The smallest absolute Gasteiger partial charge is 0.0366 e. The summed E-state index contributed by atoms with van der Waals surface area (Å²) >= 11 is 0. The third-order valence-electron chi connectivity index (χ3n) is 5.58. The number of benzene rings is 1. The minimum absolute atomic E-state index is 0.527. The minimum Gasteiger partial charge on any atom is -0.372 e. The lowest BCUT2D eigenvalue weighted by Gasteiger charge is -2.21. The van der Waals surface area contributed by atoms with Gasteiger partial charge in [-0.3, -0.25) is 0 Å². The summed E-state index contributed by atoms with van der Waals surface area (Å²) in [5.74, 6) is 0.935. The fourth-order valence-corrected chi connectivity index (χ4v) is 4.25. The molecule has 0 bridgehead atoms. The van der Waals surface area contributed by atoms with Crippen molar-refractivity contribution in [2.75, 3.05) is 37.6 Å². The monoisotopic (exact) mass is 256 g/mol. The molecule has 4 rings (SSSR count). The number of anilines is 1. The maximum absolute atomic E-state index is 2.61. The van der Waals surface area contributed by atoms with Crippen LogP contribution in [0.3, 0.4) is 0 Å². The summed E-state index contributed by atoms with van der Waals surface area (Å²) in [5.41, 5.74) is 3.55. The molecule has 0 N–H and O–H groups in total. The zero-order valence-corrected chi connectivity index (χ0v) is 11.9. The number of likely N-dealkylation sites (N-methyl/N-ethyl adjacent to an activating group) is 1. The van der Waals surface area contributed by atoms with Crippen molar-refractivity contribution < 1.29 is 0 Å². The second-order valence-electron chi connectivity index (χ2n) is 6.63. The van der Waals surface area contributed by atoms with Crippen molar-refractivity contribution >= 4 is 5.69 Å². The first kappa shape index (κ1) is 11.8. The van der Waals surface area contributed by atoms with Crippen molar-refractivity contribution in [2.45, 2.75) is 31.6 Å². The maximum atomic E-state index is 2.61. The van der Waals surface area contributed by atoms with Crippen molar-refractivity contribution in [1.29, 1.82) is 0 Å². The van der Waals surface area contributed by atoms with E-state index in [0.717, 1.165) is 5.92 Å². The molecule has 0 amide bonds. The van der Waals surface area contributed by atoms with Gasteiger partial charge in [-0.05, 0) is 49.4 Å². The summed E-state index contributed by atoms with van der Waals surface area (Å²) in [4.78, 5) is 5.14. The Bertz CT molecular complexity index is 461. The number of hydrogen-bond donors (Lipinski definition) is 0. The Kier molecular flexibility index (Phi) is 2.63. The molecule has 2 unspecified atom stereocenters. The molecule has 102 valence electrons. The zero-order chi connectivity index (χ0) is 12.9. The highest BCUT2D eigenvalue weighted by Crippen LogP contribution is 2.58. The fraction of sp³-hybridized carbons (Fsp3) is 0.647. The first-order valence-corrected chi connectivity index (χ1v) is 7.90. The number of rotatable bonds is 3. The number of nitrogens with zero attached hydrogens (tertiary/aromatic N) is 2. The molecule has 0 aromatic heterocycles. The lowest BCUT2D eigenvalue weighted by atomic mass is 9.95. The quantitative estimate of drug-likeness (QED) is 0.820. The summed E-state index contributed by atoms with van der Waals surface area (Å²) < 4.78 is 0. The first-order valence-electron chi connectivity index (χ1n) is 7.90. The van der Waals surface area contributed by atoms with Crippen molar-refractivity contribution in [3.63, 3.8) is 0 Å². The van der Waals surface area contributed by atoms with Gasteiger partial charge >= 0.3 is 0 Å². The van der Waals surface area contributed by atoms with Gasteiger partial charge in [-0.2, -0.15) is 0 Å². The standard InChI is InChI=1S/C17H24N2/c1-2-18-12-15-11-17(15,13-18)14-5-7-16(8-6-14)19-9-3-4-10-19/h5-8,15H,2-4,9-13H2,1H3. The molecule has 0 radical (unpaired) electrons. The molecule has 2 heteroatoms. The Morgan fingerprint density at radius 3 is 2.53 bits per heavy atom. The van der Waals surface area contributed by atoms with Crippen LogP contribution in [0.2, 0.25) is 0 Å². The number of piperidine rings is 1. The number of likely N-dealkylation sites (tertiary alicyclic amines) is 1. The molecular formula is C17H24N2. The van der Waals surface area contributed by atoms with Crippen LogP contribution in [0.1, 0.15) is 31.7 Å². The minimum atomic E-state index is 0.527. The van der Waals surface area contributed by atoms with Gasteiger partial charge in [-0.1, -0.05) is 19.1 Å². The molecule has 1 aromatic carbocycles. The van der Waals surface area contributed by atoms with E-state index in [4.69, 9.17) is 0 Å². The van der Waals surface area contributed by atoms with E-state index in [1.165, 1.54) is 57.7 Å². The van der Waals surface area contributed by atoms with Crippen LogP contribution in [0.5, 0.6) is 0 Å². The number of fused-ring (bicyclic) bond motifs is 1. The Balaban J connectivity index is 1.54. The molecule has 1 aromatic rings. The van der Waals surface area contributed by atoms with Crippen LogP contribution in [0, 0.1) is 5.92 Å². The van der Waals surface area contributed by atoms with E-state index < -0.39 is 0 Å². The topological polar surface area (TPSA) is 6.48 Å². The van der Waals surface area contributed by atoms with E-state index in [1.54, 1.807) is 5.56 Å². The lowest BCUT2D eigenvalue weighted by Crippen LogP contribution is -2.26.